The second-order valence-electron chi connectivity index (χ2n) is 3.35. The molecule has 0 fully saturated rings. The maximum absolute atomic E-state index is 4.14. The van der Waals surface area contributed by atoms with Crippen molar-refractivity contribution in [1.82, 2.24) is 9.55 Å². The summed E-state index contributed by atoms with van der Waals surface area (Å²) in [5.74, 6) is 0. The van der Waals surface area contributed by atoms with Gasteiger partial charge in [0, 0.05) is 41.6 Å². The van der Waals surface area contributed by atoms with Crippen molar-refractivity contribution in [1.29, 1.82) is 0 Å². The fourth-order valence-corrected chi connectivity index (χ4v) is 1.91. The minimum Gasteiger partial charge on any atom is -0.344 e. The summed E-state index contributed by atoms with van der Waals surface area (Å²) in [4.78, 5) is 7.98. The normalized spacial score (nSPS) is 13.7. The van der Waals surface area contributed by atoms with Gasteiger partial charge in [0.1, 0.15) is 0 Å². The first-order valence-electron chi connectivity index (χ1n) is 4.80. The van der Waals surface area contributed by atoms with Crippen molar-refractivity contribution in [3.63, 3.8) is 0 Å². The molecule has 0 radical (unpaired) electrons. The highest BCUT2D eigenvalue weighted by molar-refractivity contribution is 5.81. The molecular formula is C12H13N3. The zero-order valence-electron chi connectivity index (χ0n) is 8.94. The summed E-state index contributed by atoms with van der Waals surface area (Å²) in [7, 11) is 2.04. The van der Waals surface area contributed by atoms with Crippen LogP contribution in [0.3, 0.4) is 0 Å². The van der Waals surface area contributed by atoms with E-state index in [4.69, 9.17) is 0 Å². The summed E-state index contributed by atoms with van der Waals surface area (Å²) in [5.41, 5.74) is 1.16. The van der Waals surface area contributed by atoms with Crippen LogP contribution in [0.4, 0.5) is 0 Å². The fraction of sp³-hybridized carbons (Fsp3) is 0.167. The predicted molar refractivity (Wildman–Crippen MR) is 64.1 cm³/mol. The van der Waals surface area contributed by atoms with E-state index in [0.29, 0.717) is 0 Å². The van der Waals surface area contributed by atoms with E-state index in [1.807, 2.05) is 26.2 Å². The van der Waals surface area contributed by atoms with E-state index in [2.05, 4.69) is 27.3 Å². The van der Waals surface area contributed by atoms with Crippen LogP contribution in [0.25, 0.3) is 23.2 Å². The average molecular weight is 199 g/mol. The van der Waals surface area contributed by atoms with Gasteiger partial charge in [-0.3, -0.25) is 9.98 Å². The second kappa shape index (κ2) is 3.69. The van der Waals surface area contributed by atoms with Crippen LogP contribution in [0.2, 0.25) is 0 Å². The van der Waals surface area contributed by atoms with Crippen LogP contribution in [-0.2, 0) is 7.05 Å². The highest BCUT2D eigenvalue weighted by atomic mass is 14.9. The average Bonchev–Trinajstić information content (AvgIpc) is 2.54. The number of pyridine rings is 1. The van der Waals surface area contributed by atoms with Crippen LogP contribution in [-0.4, -0.2) is 16.3 Å². The van der Waals surface area contributed by atoms with E-state index in [9.17, 15) is 0 Å². The van der Waals surface area contributed by atoms with Gasteiger partial charge >= 0.3 is 0 Å². The topological polar surface area (TPSA) is 30.2 Å². The molecule has 15 heavy (non-hydrogen) atoms. The van der Waals surface area contributed by atoms with Gasteiger partial charge in [-0.1, -0.05) is 6.08 Å². The zero-order chi connectivity index (χ0) is 10.8. The lowest BCUT2D eigenvalue weighted by molar-refractivity contribution is 0.923. The van der Waals surface area contributed by atoms with Gasteiger partial charge in [-0.05, 0) is 19.7 Å². The van der Waals surface area contributed by atoms with Crippen LogP contribution in [0.15, 0.2) is 23.5 Å². The molecule has 0 saturated heterocycles. The third kappa shape index (κ3) is 1.36. The Hall–Kier alpha value is -1.90. The Balaban J connectivity index is 3.13. The molecule has 2 aromatic rings. The molecule has 0 N–H and O–H groups in total. The third-order valence-corrected chi connectivity index (χ3v) is 2.58. The molecule has 0 saturated carbocycles. The van der Waals surface area contributed by atoms with E-state index in [-0.39, 0.29) is 0 Å². The van der Waals surface area contributed by atoms with Crippen LogP contribution in [0, 0.1) is 0 Å². The summed E-state index contributed by atoms with van der Waals surface area (Å²) in [6, 6.07) is 2.00. The molecule has 0 spiro atoms. The molecule has 0 atom stereocenters. The molecule has 0 aliphatic carbocycles. The van der Waals surface area contributed by atoms with Gasteiger partial charge in [0.05, 0.1) is 5.52 Å². The second-order valence-corrected chi connectivity index (χ2v) is 3.35. The van der Waals surface area contributed by atoms with E-state index in [1.54, 1.807) is 12.4 Å². The third-order valence-electron chi connectivity index (χ3n) is 2.58. The first-order chi connectivity index (χ1) is 7.29. The molecule has 0 aliphatic rings. The van der Waals surface area contributed by atoms with Gasteiger partial charge < -0.3 is 4.57 Å². The molecule has 2 aromatic heterocycles. The summed E-state index contributed by atoms with van der Waals surface area (Å²) in [5, 5.41) is 3.34. The Labute approximate surface area is 88.1 Å². The monoisotopic (exact) mass is 199 g/mol. The van der Waals surface area contributed by atoms with E-state index in [0.717, 1.165) is 21.5 Å². The van der Waals surface area contributed by atoms with Gasteiger partial charge in [-0.15, -0.1) is 0 Å². The lowest BCUT2D eigenvalue weighted by Crippen LogP contribution is -2.26. The molecular weight excluding hydrogens is 186 g/mol. The minimum absolute atomic E-state index is 1.08. The number of fused-ring (bicyclic) bond motifs is 1. The summed E-state index contributed by atoms with van der Waals surface area (Å²) in [6.07, 6.45) is 7.50. The van der Waals surface area contributed by atoms with Crippen molar-refractivity contribution in [2.45, 2.75) is 6.92 Å². The Bertz CT molecular complexity index is 620. The molecule has 0 aliphatic heterocycles. The van der Waals surface area contributed by atoms with Gasteiger partial charge in [-0.2, -0.15) is 0 Å². The fourth-order valence-electron chi connectivity index (χ4n) is 1.91. The number of rotatable bonds is 1. The van der Waals surface area contributed by atoms with E-state index >= 15 is 0 Å². The van der Waals surface area contributed by atoms with E-state index < -0.39 is 0 Å². The van der Waals surface area contributed by atoms with Crippen molar-refractivity contribution >= 4 is 29.9 Å². The lowest BCUT2D eigenvalue weighted by atomic mass is 10.3. The Morgan fingerprint density at radius 1 is 1.53 bits per heavy atom. The highest BCUT2D eigenvalue weighted by Crippen LogP contribution is 2.04. The van der Waals surface area contributed by atoms with Crippen molar-refractivity contribution in [3.05, 3.63) is 29.0 Å². The predicted octanol–water partition coefficient (Wildman–Crippen LogP) is 0.812. The molecule has 0 aromatic carbocycles. The van der Waals surface area contributed by atoms with Crippen LogP contribution in [0.5, 0.6) is 0 Å². The van der Waals surface area contributed by atoms with Crippen molar-refractivity contribution in [3.8, 4) is 0 Å². The molecule has 2 heterocycles. The molecule has 3 nitrogen and oxygen atoms in total. The smallest absolute Gasteiger partial charge is 0.0520 e. The molecule has 0 amide bonds. The number of hydrogen-bond donors (Lipinski definition) is 0. The van der Waals surface area contributed by atoms with Gasteiger partial charge in [0.25, 0.3) is 0 Å². The van der Waals surface area contributed by atoms with Crippen LogP contribution < -0.4 is 10.6 Å². The number of aliphatic imine (C=N–C) groups is 1. The first kappa shape index (κ1) is 9.65. The highest BCUT2D eigenvalue weighted by Gasteiger charge is 2.02. The lowest BCUT2D eigenvalue weighted by Gasteiger charge is -1.93. The number of nitrogens with zero attached hydrogens (tertiary/aromatic N) is 3. The Kier molecular flexibility index (Phi) is 2.37. The zero-order valence-corrected chi connectivity index (χ0v) is 8.94. The minimum atomic E-state index is 1.08. The first-order valence-corrected chi connectivity index (χ1v) is 4.80. The molecule has 0 bridgehead atoms. The Morgan fingerprint density at radius 2 is 2.33 bits per heavy atom. The maximum Gasteiger partial charge on any atom is 0.0520 e. The number of aryl methyl sites for hydroxylation is 1. The number of hydrogen-bond acceptors (Lipinski definition) is 2. The Morgan fingerprint density at radius 3 is 3.00 bits per heavy atom. The molecule has 3 heteroatoms. The van der Waals surface area contributed by atoms with Gasteiger partial charge in [-0.25, -0.2) is 0 Å². The van der Waals surface area contributed by atoms with Gasteiger partial charge in [0.15, 0.2) is 0 Å². The summed E-state index contributed by atoms with van der Waals surface area (Å²) < 4.78 is 2.13. The molecule has 0 unspecified atom stereocenters. The van der Waals surface area contributed by atoms with Crippen molar-refractivity contribution in [2.75, 3.05) is 0 Å². The van der Waals surface area contributed by atoms with E-state index in [1.165, 1.54) is 0 Å². The summed E-state index contributed by atoms with van der Waals surface area (Å²) in [6.45, 7) is 5.51. The quantitative estimate of drug-likeness (QED) is 0.625. The van der Waals surface area contributed by atoms with Crippen molar-refractivity contribution in [2.24, 2.45) is 12.0 Å². The largest absolute Gasteiger partial charge is 0.344 e. The number of aromatic nitrogens is 2. The SMILES string of the molecule is C=N/C=c1\c(=C/C)n(C)c2ccncc12. The molecule has 2 rings (SSSR count). The van der Waals surface area contributed by atoms with Gasteiger partial charge in [0.2, 0.25) is 0 Å². The molecule has 76 valence electrons. The standard InChI is InChI=1S/C12H13N3/c1-4-11-9(7-13-2)10-8-14-6-5-12(10)15(11)3/h4-8H,2H2,1,3H3/b9-7-,11-4+. The summed E-state index contributed by atoms with van der Waals surface area (Å²) >= 11 is 0. The maximum atomic E-state index is 4.14. The van der Waals surface area contributed by atoms with Crippen molar-refractivity contribution < 1.29 is 0 Å². The van der Waals surface area contributed by atoms with Crippen LogP contribution >= 0.6 is 0 Å². The van der Waals surface area contributed by atoms with Crippen LogP contribution in [0.1, 0.15) is 6.92 Å².